The highest BCUT2D eigenvalue weighted by molar-refractivity contribution is 7.80. The number of thiocarbonyl (C=S) groups is 1. The van der Waals surface area contributed by atoms with Gasteiger partial charge in [-0.2, -0.15) is 5.10 Å². The van der Waals surface area contributed by atoms with Crippen LogP contribution in [0.4, 0.5) is 0 Å². The number of hydrogen-bond acceptors (Lipinski definition) is 2. The summed E-state index contributed by atoms with van der Waals surface area (Å²) in [4.78, 5) is 0. The smallest absolute Gasteiger partial charge is 0.184 e. The minimum atomic E-state index is 0.213. The van der Waals surface area contributed by atoms with Gasteiger partial charge in [0.2, 0.25) is 0 Å². The summed E-state index contributed by atoms with van der Waals surface area (Å²) < 4.78 is 0. The highest BCUT2D eigenvalue weighted by Gasteiger charge is 2.06. The van der Waals surface area contributed by atoms with Gasteiger partial charge in [0.15, 0.2) is 5.11 Å². The Morgan fingerprint density at radius 2 is 2.25 bits per heavy atom. The van der Waals surface area contributed by atoms with Crippen LogP contribution in [0.3, 0.4) is 0 Å². The molecule has 0 aromatic rings. The van der Waals surface area contributed by atoms with Crippen molar-refractivity contribution >= 4 is 23.5 Å². The van der Waals surface area contributed by atoms with Crippen LogP contribution >= 0.6 is 12.2 Å². The van der Waals surface area contributed by atoms with Gasteiger partial charge in [-0.3, -0.25) is 5.43 Å². The second kappa shape index (κ2) is 5.94. The Morgan fingerprint density at radius 1 is 1.67 bits per heavy atom. The van der Waals surface area contributed by atoms with E-state index >= 15 is 0 Å². The average molecular weight is 187 g/mol. The highest BCUT2D eigenvalue weighted by Crippen LogP contribution is 2.11. The van der Waals surface area contributed by atoms with Crippen LogP contribution < -0.4 is 11.2 Å². The van der Waals surface area contributed by atoms with Crippen molar-refractivity contribution in [1.82, 2.24) is 5.43 Å². The van der Waals surface area contributed by atoms with Crippen LogP contribution in [-0.2, 0) is 0 Å². The molecule has 0 aromatic carbocycles. The van der Waals surface area contributed by atoms with E-state index in [4.69, 9.17) is 5.73 Å². The normalized spacial score (nSPS) is 13.7. The zero-order valence-corrected chi connectivity index (χ0v) is 8.69. The second-order valence-electron chi connectivity index (χ2n) is 3.07. The van der Waals surface area contributed by atoms with Crippen LogP contribution in [0.1, 0.15) is 27.2 Å². The van der Waals surface area contributed by atoms with Gasteiger partial charge in [0.1, 0.15) is 0 Å². The zero-order chi connectivity index (χ0) is 9.56. The number of nitrogens with zero attached hydrogens (tertiary/aromatic N) is 1. The van der Waals surface area contributed by atoms with Crippen LogP contribution in [0.2, 0.25) is 0 Å². The van der Waals surface area contributed by atoms with Gasteiger partial charge in [0.05, 0.1) is 0 Å². The number of nitrogens with two attached hydrogens (primary N) is 1. The van der Waals surface area contributed by atoms with Crippen LogP contribution in [0.25, 0.3) is 0 Å². The summed E-state index contributed by atoms with van der Waals surface area (Å²) in [6.07, 6.45) is 2.95. The van der Waals surface area contributed by atoms with Gasteiger partial charge in [0.25, 0.3) is 0 Å². The fourth-order valence-corrected chi connectivity index (χ4v) is 0.998. The summed E-state index contributed by atoms with van der Waals surface area (Å²) in [5, 5.41) is 4.13. The Morgan fingerprint density at radius 3 is 2.58 bits per heavy atom. The largest absolute Gasteiger partial charge is 0.375 e. The van der Waals surface area contributed by atoms with Gasteiger partial charge in [-0.1, -0.05) is 20.8 Å². The van der Waals surface area contributed by atoms with Gasteiger partial charge in [-0.25, -0.2) is 0 Å². The van der Waals surface area contributed by atoms with Crippen LogP contribution in [-0.4, -0.2) is 11.3 Å². The molecule has 1 atom stereocenters. The lowest BCUT2D eigenvalue weighted by atomic mass is 9.95. The predicted molar refractivity (Wildman–Crippen MR) is 57.0 cm³/mol. The van der Waals surface area contributed by atoms with Gasteiger partial charge < -0.3 is 5.73 Å². The lowest BCUT2D eigenvalue weighted by molar-refractivity contribution is 0.487. The summed E-state index contributed by atoms with van der Waals surface area (Å²) in [5.74, 6) is 1.10. The number of hydrazone groups is 1. The van der Waals surface area contributed by atoms with Crippen LogP contribution in [0, 0.1) is 11.8 Å². The number of hydrogen-bond donors (Lipinski definition) is 2. The van der Waals surface area contributed by atoms with Crippen LogP contribution in [0.5, 0.6) is 0 Å². The van der Waals surface area contributed by atoms with E-state index in [1.807, 2.05) is 6.21 Å². The topological polar surface area (TPSA) is 50.4 Å². The summed E-state index contributed by atoms with van der Waals surface area (Å²) in [6, 6.07) is 0. The van der Waals surface area contributed by atoms with Crippen LogP contribution in [0.15, 0.2) is 5.10 Å². The Labute approximate surface area is 79.4 Å². The molecule has 70 valence electrons. The third-order valence-corrected chi connectivity index (χ3v) is 1.86. The SMILES string of the molecule is CC[C@H](/C=N/NC(N)=S)C(C)C. The Hall–Kier alpha value is -0.640. The average Bonchev–Trinajstić information content (AvgIpc) is 1.96. The van der Waals surface area contributed by atoms with E-state index in [9.17, 15) is 0 Å². The standard InChI is InChI=1S/C8H17N3S/c1-4-7(6(2)3)5-10-11-8(9)12/h5-7H,4H2,1-3H3,(H3,9,11,12)/b10-5+/t7-/m1/s1. The molecule has 3 nitrogen and oxygen atoms in total. The van der Waals surface area contributed by atoms with Crippen molar-refractivity contribution < 1.29 is 0 Å². The quantitative estimate of drug-likeness (QED) is 0.398. The Kier molecular flexibility index (Phi) is 5.62. The molecule has 0 saturated carbocycles. The molecule has 0 bridgehead atoms. The first-order chi connectivity index (χ1) is 5.57. The molecule has 0 heterocycles. The monoisotopic (exact) mass is 187 g/mol. The number of rotatable bonds is 4. The molecule has 4 heteroatoms. The van der Waals surface area contributed by atoms with Crippen molar-refractivity contribution in [3.8, 4) is 0 Å². The maximum atomic E-state index is 5.20. The highest BCUT2D eigenvalue weighted by atomic mass is 32.1. The lowest BCUT2D eigenvalue weighted by Crippen LogP contribution is -2.25. The first-order valence-corrected chi connectivity index (χ1v) is 4.57. The number of nitrogens with one attached hydrogen (secondary N) is 1. The molecule has 0 aliphatic carbocycles. The lowest BCUT2D eigenvalue weighted by Gasteiger charge is -2.12. The van der Waals surface area contributed by atoms with Gasteiger partial charge in [-0.15, -0.1) is 0 Å². The molecule has 0 fully saturated rings. The third-order valence-electron chi connectivity index (χ3n) is 1.77. The van der Waals surface area contributed by atoms with Crippen molar-refractivity contribution in [2.75, 3.05) is 0 Å². The van der Waals surface area contributed by atoms with Crippen molar-refractivity contribution in [2.24, 2.45) is 22.7 Å². The minimum absolute atomic E-state index is 0.213. The van der Waals surface area contributed by atoms with Gasteiger partial charge in [0, 0.05) is 6.21 Å². The maximum absolute atomic E-state index is 5.20. The van der Waals surface area contributed by atoms with Crippen molar-refractivity contribution in [1.29, 1.82) is 0 Å². The fourth-order valence-electron chi connectivity index (χ4n) is 0.946. The first-order valence-electron chi connectivity index (χ1n) is 4.16. The third kappa shape index (κ3) is 5.07. The molecular formula is C8H17N3S. The minimum Gasteiger partial charge on any atom is -0.375 e. The molecule has 0 radical (unpaired) electrons. The molecule has 3 N–H and O–H groups in total. The summed E-state index contributed by atoms with van der Waals surface area (Å²) in [7, 11) is 0. The predicted octanol–water partition coefficient (Wildman–Crippen LogP) is 1.49. The molecule has 12 heavy (non-hydrogen) atoms. The van der Waals surface area contributed by atoms with E-state index in [1.54, 1.807) is 0 Å². The van der Waals surface area contributed by atoms with E-state index in [2.05, 4.69) is 43.5 Å². The molecule has 0 spiro atoms. The second-order valence-corrected chi connectivity index (χ2v) is 3.51. The molecule has 0 unspecified atom stereocenters. The molecule has 0 aliphatic heterocycles. The fraction of sp³-hybridized carbons (Fsp3) is 0.750. The van der Waals surface area contributed by atoms with Crippen molar-refractivity contribution in [3.05, 3.63) is 0 Å². The Balaban J connectivity index is 3.84. The zero-order valence-electron chi connectivity index (χ0n) is 7.87. The Bertz CT molecular complexity index is 166. The van der Waals surface area contributed by atoms with Gasteiger partial charge in [-0.05, 0) is 30.5 Å². The molecule has 0 aliphatic rings. The van der Waals surface area contributed by atoms with E-state index in [1.165, 1.54) is 0 Å². The van der Waals surface area contributed by atoms with E-state index in [0.29, 0.717) is 11.8 Å². The summed E-state index contributed by atoms with van der Waals surface area (Å²) in [6.45, 7) is 6.47. The molecule has 0 saturated heterocycles. The van der Waals surface area contributed by atoms with Crippen molar-refractivity contribution in [2.45, 2.75) is 27.2 Å². The molecular weight excluding hydrogens is 170 g/mol. The molecule has 0 amide bonds. The summed E-state index contributed by atoms with van der Waals surface area (Å²) in [5.41, 5.74) is 7.75. The molecule has 0 rings (SSSR count). The maximum Gasteiger partial charge on any atom is 0.184 e. The molecule has 0 aromatic heterocycles. The van der Waals surface area contributed by atoms with Gasteiger partial charge >= 0.3 is 0 Å². The van der Waals surface area contributed by atoms with E-state index in [0.717, 1.165) is 6.42 Å². The van der Waals surface area contributed by atoms with E-state index < -0.39 is 0 Å². The van der Waals surface area contributed by atoms with Crippen molar-refractivity contribution in [3.63, 3.8) is 0 Å². The summed E-state index contributed by atoms with van der Waals surface area (Å²) >= 11 is 4.60. The first kappa shape index (κ1) is 11.4. The van der Waals surface area contributed by atoms with E-state index in [-0.39, 0.29) is 5.11 Å².